The van der Waals surface area contributed by atoms with Crippen LogP contribution in [0.15, 0.2) is 59.0 Å². The fraction of sp³-hybridized carbons (Fsp3) is 0.391. The summed E-state index contributed by atoms with van der Waals surface area (Å²) in [5.41, 5.74) is 8.12. The summed E-state index contributed by atoms with van der Waals surface area (Å²) < 4.78 is 5.82. The van der Waals surface area contributed by atoms with E-state index in [1.165, 1.54) is 11.8 Å². The Morgan fingerprint density at radius 3 is 2.56 bits per heavy atom. The highest BCUT2D eigenvalue weighted by atomic mass is 35.5. The van der Waals surface area contributed by atoms with Crippen LogP contribution < -0.4 is 10.6 Å². The van der Waals surface area contributed by atoms with Crippen LogP contribution in [0.4, 0.5) is 5.95 Å². The van der Waals surface area contributed by atoms with Gasteiger partial charge in [-0.2, -0.15) is 0 Å². The largest absolute Gasteiger partial charge is 0.376 e. The van der Waals surface area contributed by atoms with E-state index in [1.807, 2.05) is 30.6 Å². The van der Waals surface area contributed by atoms with Crippen LogP contribution >= 0.6 is 23.4 Å². The fourth-order valence-corrected chi connectivity index (χ4v) is 5.65. The van der Waals surface area contributed by atoms with Crippen molar-refractivity contribution in [1.82, 2.24) is 19.9 Å². The lowest BCUT2D eigenvalue weighted by Gasteiger charge is -2.41. The van der Waals surface area contributed by atoms with Gasteiger partial charge >= 0.3 is 0 Å². The molecule has 2 aliphatic rings. The predicted molar refractivity (Wildman–Crippen MR) is 126 cm³/mol. The summed E-state index contributed by atoms with van der Waals surface area (Å²) in [4.78, 5) is 21.8. The minimum Gasteiger partial charge on any atom is -0.376 e. The lowest BCUT2D eigenvalue weighted by Crippen LogP contribution is -2.50. The van der Waals surface area contributed by atoms with Gasteiger partial charge in [0.25, 0.3) is 0 Å². The molecule has 3 aromatic rings. The Labute approximate surface area is 196 Å². The molecule has 4 heterocycles. The summed E-state index contributed by atoms with van der Waals surface area (Å²) in [6.07, 6.45) is 10.9. The van der Waals surface area contributed by atoms with Gasteiger partial charge in [0.05, 0.1) is 29.6 Å². The smallest absolute Gasteiger partial charge is 0.225 e. The van der Waals surface area contributed by atoms with E-state index in [2.05, 4.69) is 31.8 Å². The Balaban J connectivity index is 1.26. The van der Waals surface area contributed by atoms with Crippen molar-refractivity contribution in [3.63, 3.8) is 0 Å². The van der Waals surface area contributed by atoms with Gasteiger partial charge in [0.15, 0.2) is 0 Å². The number of nitrogens with zero attached hydrogens (tertiary/aromatic N) is 5. The zero-order chi connectivity index (χ0) is 22.1. The Morgan fingerprint density at radius 1 is 1.12 bits per heavy atom. The second-order valence-corrected chi connectivity index (χ2v) is 9.91. The normalized spacial score (nSPS) is 22.4. The molecule has 0 radical (unpaired) electrons. The highest BCUT2D eigenvalue weighted by Gasteiger charge is 2.47. The van der Waals surface area contributed by atoms with Gasteiger partial charge in [0.1, 0.15) is 0 Å². The molecular formula is C23H25ClN6OS. The lowest BCUT2D eigenvalue weighted by molar-refractivity contribution is 0.0973. The van der Waals surface area contributed by atoms with E-state index in [0.717, 1.165) is 59.5 Å². The molecule has 2 fully saturated rings. The second kappa shape index (κ2) is 8.94. The SMILES string of the molecule is C[C@@H]1OCC2(CCN(c3ncc(Sc4cccc(-c5cnccn5)c4Cl)cn3)CC2)[C@H]1N. The number of ether oxygens (including phenoxy) is 1. The zero-order valence-electron chi connectivity index (χ0n) is 17.8. The van der Waals surface area contributed by atoms with Crippen molar-refractivity contribution in [2.45, 2.75) is 41.7 Å². The van der Waals surface area contributed by atoms with Crippen molar-refractivity contribution in [2.75, 3.05) is 24.6 Å². The maximum atomic E-state index is 6.67. The minimum absolute atomic E-state index is 0.0939. The first kappa shape index (κ1) is 21.6. The molecule has 1 spiro atoms. The first-order chi connectivity index (χ1) is 15.6. The molecule has 0 unspecified atom stereocenters. The summed E-state index contributed by atoms with van der Waals surface area (Å²) in [6.45, 7) is 4.61. The van der Waals surface area contributed by atoms with Crippen molar-refractivity contribution >= 4 is 29.3 Å². The molecule has 2 aliphatic heterocycles. The van der Waals surface area contributed by atoms with Crippen LogP contribution in [0.3, 0.4) is 0 Å². The van der Waals surface area contributed by atoms with Crippen molar-refractivity contribution < 1.29 is 4.74 Å². The second-order valence-electron chi connectivity index (χ2n) is 8.42. The Kier molecular flexibility index (Phi) is 6.03. The molecule has 2 aromatic heterocycles. The summed E-state index contributed by atoms with van der Waals surface area (Å²) in [5, 5.41) is 0.646. The molecule has 5 rings (SSSR count). The van der Waals surface area contributed by atoms with Gasteiger partial charge < -0.3 is 15.4 Å². The third kappa shape index (κ3) is 4.08. The van der Waals surface area contributed by atoms with Crippen LogP contribution in [-0.2, 0) is 4.74 Å². The summed E-state index contributed by atoms with van der Waals surface area (Å²) in [7, 11) is 0. The van der Waals surface area contributed by atoms with Crippen molar-refractivity contribution in [3.05, 3.63) is 54.2 Å². The molecule has 2 N–H and O–H groups in total. The third-order valence-corrected chi connectivity index (χ3v) is 8.06. The van der Waals surface area contributed by atoms with Crippen molar-refractivity contribution in [1.29, 1.82) is 0 Å². The molecule has 0 saturated carbocycles. The Morgan fingerprint density at radius 2 is 1.91 bits per heavy atom. The van der Waals surface area contributed by atoms with Crippen molar-refractivity contribution in [3.8, 4) is 11.3 Å². The topological polar surface area (TPSA) is 90.0 Å². The maximum absolute atomic E-state index is 6.67. The monoisotopic (exact) mass is 468 g/mol. The number of hydrogen-bond donors (Lipinski definition) is 1. The number of anilines is 1. The zero-order valence-corrected chi connectivity index (χ0v) is 19.4. The lowest BCUT2D eigenvalue weighted by atomic mass is 9.73. The number of aromatic nitrogens is 4. The van der Waals surface area contributed by atoms with Crippen LogP contribution in [0, 0.1) is 5.41 Å². The number of piperidine rings is 1. The van der Waals surface area contributed by atoms with Gasteiger partial charge in [-0.3, -0.25) is 9.97 Å². The van der Waals surface area contributed by atoms with Crippen LogP contribution in [0.2, 0.25) is 5.02 Å². The maximum Gasteiger partial charge on any atom is 0.225 e. The number of hydrogen-bond acceptors (Lipinski definition) is 8. The molecule has 166 valence electrons. The molecule has 0 amide bonds. The van der Waals surface area contributed by atoms with E-state index in [0.29, 0.717) is 5.02 Å². The van der Waals surface area contributed by atoms with Crippen LogP contribution in [0.5, 0.6) is 0 Å². The molecule has 1 aromatic carbocycles. The van der Waals surface area contributed by atoms with E-state index in [1.54, 1.807) is 18.6 Å². The van der Waals surface area contributed by atoms with Crippen LogP contribution in [0.1, 0.15) is 19.8 Å². The number of rotatable bonds is 4. The van der Waals surface area contributed by atoms with Gasteiger partial charge in [-0.05, 0) is 25.8 Å². The first-order valence-corrected chi connectivity index (χ1v) is 11.9. The first-order valence-electron chi connectivity index (χ1n) is 10.7. The predicted octanol–water partition coefficient (Wildman–Crippen LogP) is 4.07. The molecule has 2 atom stereocenters. The molecule has 0 bridgehead atoms. The quantitative estimate of drug-likeness (QED) is 0.612. The number of nitrogens with two attached hydrogens (primary N) is 1. The number of halogens is 1. The van der Waals surface area contributed by atoms with Gasteiger partial charge in [-0.15, -0.1) is 0 Å². The van der Waals surface area contributed by atoms with Gasteiger partial charge in [-0.1, -0.05) is 35.5 Å². The van der Waals surface area contributed by atoms with E-state index < -0.39 is 0 Å². The Bertz CT molecular complexity index is 1080. The Hall–Kier alpha value is -2.26. The van der Waals surface area contributed by atoms with Gasteiger partial charge in [0.2, 0.25) is 5.95 Å². The molecule has 9 heteroatoms. The van der Waals surface area contributed by atoms with Crippen LogP contribution in [-0.4, -0.2) is 51.8 Å². The summed E-state index contributed by atoms with van der Waals surface area (Å²) >= 11 is 8.21. The highest BCUT2D eigenvalue weighted by molar-refractivity contribution is 7.99. The molecule has 2 saturated heterocycles. The van der Waals surface area contributed by atoms with Gasteiger partial charge in [0, 0.05) is 64.7 Å². The third-order valence-electron chi connectivity index (χ3n) is 6.53. The van der Waals surface area contributed by atoms with E-state index in [4.69, 9.17) is 22.1 Å². The molecule has 32 heavy (non-hydrogen) atoms. The van der Waals surface area contributed by atoms with Crippen LogP contribution in [0.25, 0.3) is 11.3 Å². The molecule has 0 aliphatic carbocycles. The standard InChI is InChI=1S/C23H25ClN6OS/c1-15-21(25)23(14-31-15)5-9-30(10-6-23)22-28-11-16(12-29-22)32-19-4-2-3-17(20(19)24)18-13-26-7-8-27-18/h2-4,7-8,11-13,15,21H,5-6,9-10,14,25H2,1H3/t15-,21-/m0/s1. The van der Waals surface area contributed by atoms with Gasteiger partial charge in [-0.25, -0.2) is 9.97 Å². The summed E-state index contributed by atoms with van der Waals surface area (Å²) in [6, 6.07) is 6.00. The fourth-order valence-electron chi connectivity index (χ4n) is 4.50. The average molecular weight is 469 g/mol. The highest BCUT2D eigenvalue weighted by Crippen LogP contribution is 2.42. The van der Waals surface area contributed by atoms with E-state index >= 15 is 0 Å². The van der Waals surface area contributed by atoms with E-state index in [-0.39, 0.29) is 17.6 Å². The average Bonchev–Trinajstić information content (AvgIpc) is 3.10. The minimum atomic E-state index is 0.0939. The molecular weight excluding hydrogens is 444 g/mol. The molecule has 7 nitrogen and oxygen atoms in total. The summed E-state index contributed by atoms with van der Waals surface area (Å²) in [5.74, 6) is 0.754. The number of benzene rings is 1. The van der Waals surface area contributed by atoms with Crippen molar-refractivity contribution in [2.24, 2.45) is 11.1 Å². The van der Waals surface area contributed by atoms with E-state index in [9.17, 15) is 0 Å².